The first-order valence-electron chi connectivity index (χ1n) is 6.62. The van der Waals surface area contributed by atoms with Gasteiger partial charge in [0.15, 0.2) is 6.61 Å². The number of nitrogens with one attached hydrogen (secondary N) is 3. The summed E-state index contributed by atoms with van der Waals surface area (Å²) in [6.07, 6.45) is 0. The molecule has 23 heavy (non-hydrogen) atoms. The van der Waals surface area contributed by atoms with E-state index in [4.69, 9.17) is 4.74 Å². The summed E-state index contributed by atoms with van der Waals surface area (Å²) in [7, 11) is -0.788. The van der Waals surface area contributed by atoms with Gasteiger partial charge in [0.25, 0.3) is 0 Å². The maximum absolute atomic E-state index is 11.6. The number of methoxy groups -OCH3 is 1. The zero-order valence-corrected chi connectivity index (χ0v) is 13.6. The largest absolute Gasteiger partial charge is 0.482 e. The third-order valence-electron chi connectivity index (χ3n) is 2.66. The molecule has 0 spiro atoms. The first-order chi connectivity index (χ1) is 10.9. The van der Waals surface area contributed by atoms with Crippen LogP contribution in [0, 0.1) is 0 Å². The van der Waals surface area contributed by atoms with Crippen LogP contribution in [0.3, 0.4) is 0 Å². The molecule has 0 aliphatic heterocycles. The van der Waals surface area contributed by atoms with E-state index >= 15 is 0 Å². The number of carbonyl (C=O) groups is 2. The van der Waals surface area contributed by atoms with Gasteiger partial charge < -0.3 is 20.1 Å². The number of carbonyl (C=O) groups excluding carboxylic acids is 2. The van der Waals surface area contributed by atoms with Gasteiger partial charge in [-0.3, -0.25) is 0 Å². The van der Waals surface area contributed by atoms with E-state index in [1.165, 1.54) is 14.2 Å². The fourth-order valence-electron chi connectivity index (χ4n) is 1.41. The van der Waals surface area contributed by atoms with E-state index in [2.05, 4.69) is 20.1 Å². The van der Waals surface area contributed by atoms with Crippen LogP contribution in [-0.2, 0) is 19.6 Å². The second-order valence-electron chi connectivity index (χ2n) is 4.29. The molecule has 1 aromatic carbocycles. The number of rotatable bonds is 8. The Morgan fingerprint density at radius 3 is 2.39 bits per heavy atom. The molecule has 0 atom stereocenters. The van der Waals surface area contributed by atoms with E-state index in [0.717, 1.165) is 0 Å². The predicted octanol–water partition coefficient (Wildman–Crippen LogP) is -0.0909. The number of amides is 2. The van der Waals surface area contributed by atoms with E-state index in [0.29, 0.717) is 11.4 Å². The van der Waals surface area contributed by atoms with Gasteiger partial charge in [0.2, 0.25) is 10.0 Å². The molecule has 10 heteroatoms. The summed E-state index contributed by atoms with van der Waals surface area (Å²) in [5.74, 6) is -0.262. The highest BCUT2D eigenvalue weighted by molar-refractivity contribution is 7.89. The van der Waals surface area contributed by atoms with Gasteiger partial charge in [0.05, 0.1) is 12.9 Å². The van der Waals surface area contributed by atoms with E-state index in [1.807, 2.05) is 0 Å². The molecule has 2 amide bonds. The van der Waals surface area contributed by atoms with E-state index < -0.39 is 22.0 Å². The van der Waals surface area contributed by atoms with Gasteiger partial charge >= 0.3 is 12.0 Å². The van der Waals surface area contributed by atoms with Crippen LogP contribution in [0.2, 0.25) is 0 Å². The topological polar surface area (TPSA) is 123 Å². The lowest BCUT2D eigenvalue weighted by Crippen LogP contribution is -2.35. The highest BCUT2D eigenvalue weighted by Crippen LogP contribution is 2.15. The second kappa shape index (κ2) is 8.96. The second-order valence-corrected chi connectivity index (χ2v) is 6.34. The first kappa shape index (κ1) is 18.7. The molecule has 128 valence electrons. The fraction of sp³-hybridized carbons (Fsp3) is 0.385. The number of hydrogen-bond acceptors (Lipinski definition) is 6. The summed E-state index contributed by atoms with van der Waals surface area (Å²) in [5.41, 5.74) is 0.490. The molecule has 0 aromatic heterocycles. The molecule has 0 bridgehead atoms. The Morgan fingerprint density at radius 1 is 1.17 bits per heavy atom. The van der Waals surface area contributed by atoms with Gasteiger partial charge in [-0.2, -0.15) is 0 Å². The molecule has 9 nitrogen and oxygen atoms in total. The highest BCUT2D eigenvalue weighted by atomic mass is 32.2. The molecule has 0 fully saturated rings. The Morgan fingerprint density at radius 2 is 1.83 bits per heavy atom. The molecule has 0 aliphatic carbocycles. The quantitative estimate of drug-likeness (QED) is 0.566. The number of ether oxygens (including phenoxy) is 2. The van der Waals surface area contributed by atoms with Crippen molar-refractivity contribution in [2.75, 3.05) is 38.4 Å². The number of sulfonamides is 1. The monoisotopic (exact) mass is 345 g/mol. The Balaban J connectivity index is 2.39. The number of hydrogen-bond donors (Lipinski definition) is 3. The van der Waals surface area contributed by atoms with Crippen LogP contribution < -0.4 is 20.1 Å². The third kappa shape index (κ3) is 7.47. The van der Waals surface area contributed by atoms with Crippen molar-refractivity contribution in [3.63, 3.8) is 0 Å². The van der Waals surface area contributed by atoms with Gasteiger partial charge in [-0.15, -0.1) is 0 Å². The number of urea groups is 1. The lowest BCUT2D eigenvalue weighted by molar-refractivity contribution is -0.142. The van der Waals surface area contributed by atoms with Crippen molar-refractivity contribution in [1.82, 2.24) is 10.0 Å². The zero-order valence-electron chi connectivity index (χ0n) is 12.8. The van der Waals surface area contributed by atoms with Crippen molar-refractivity contribution in [2.45, 2.75) is 0 Å². The van der Waals surface area contributed by atoms with Crippen molar-refractivity contribution in [1.29, 1.82) is 0 Å². The van der Waals surface area contributed by atoms with Gasteiger partial charge in [0, 0.05) is 12.2 Å². The fourth-order valence-corrected chi connectivity index (χ4v) is 1.99. The number of esters is 1. The van der Waals surface area contributed by atoms with E-state index in [1.54, 1.807) is 24.3 Å². The SMILES string of the molecule is CNS(=O)(=O)CCNC(=O)Nc1ccc(OCC(=O)OC)cc1. The molecule has 1 rings (SSSR count). The molecule has 0 saturated heterocycles. The molecule has 1 aromatic rings. The van der Waals surface area contributed by atoms with Crippen LogP contribution in [0.4, 0.5) is 10.5 Å². The molecule has 3 N–H and O–H groups in total. The third-order valence-corrected chi connectivity index (χ3v) is 4.03. The van der Waals surface area contributed by atoms with Gasteiger partial charge in [-0.25, -0.2) is 22.7 Å². The molecule has 0 saturated carbocycles. The average molecular weight is 345 g/mol. The summed E-state index contributed by atoms with van der Waals surface area (Å²) in [6.45, 7) is -0.223. The molecule has 0 unspecified atom stereocenters. The maximum atomic E-state index is 11.6. The van der Waals surface area contributed by atoms with Crippen LogP contribution in [0.25, 0.3) is 0 Å². The number of benzene rings is 1. The van der Waals surface area contributed by atoms with Crippen LogP contribution in [0.15, 0.2) is 24.3 Å². The summed E-state index contributed by atoms with van der Waals surface area (Å²) in [4.78, 5) is 22.5. The van der Waals surface area contributed by atoms with Gasteiger partial charge in [0.1, 0.15) is 5.75 Å². The highest BCUT2D eigenvalue weighted by Gasteiger charge is 2.08. The van der Waals surface area contributed by atoms with Crippen LogP contribution in [-0.4, -0.2) is 53.5 Å². The average Bonchev–Trinajstić information content (AvgIpc) is 2.53. The lowest BCUT2D eigenvalue weighted by Gasteiger charge is -2.09. The molecular weight excluding hydrogens is 326 g/mol. The number of anilines is 1. The first-order valence-corrected chi connectivity index (χ1v) is 8.27. The smallest absolute Gasteiger partial charge is 0.343 e. The summed E-state index contributed by atoms with van der Waals surface area (Å²) < 4.78 is 34.1. The molecule has 0 heterocycles. The maximum Gasteiger partial charge on any atom is 0.343 e. The van der Waals surface area contributed by atoms with Crippen LogP contribution in [0.5, 0.6) is 5.75 Å². The zero-order chi connectivity index (χ0) is 17.3. The van der Waals surface area contributed by atoms with Crippen molar-refractivity contribution in [3.8, 4) is 5.75 Å². The Bertz CT molecular complexity index is 630. The van der Waals surface area contributed by atoms with E-state index in [9.17, 15) is 18.0 Å². The Hall–Kier alpha value is -2.33. The summed E-state index contributed by atoms with van der Waals surface area (Å²) in [5, 5.41) is 4.96. The predicted molar refractivity (Wildman–Crippen MR) is 83.8 cm³/mol. The normalized spacial score (nSPS) is 10.7. The van der Waals surface area contributed by atoms with Crippen LogP contribution in [0.1, 0.15) is 0 Å². The van der Waals surface area contributed by atoms with Gasteiger partial charge in [-0.05, 0) is 31.3 Å². The Labute approximate surface area is 134 Å². The summed E-state index contributed by atoms with van der Waals surface area (Å²) in [6, 6.07) is 5.78. The lowest BCUT2D eigenvalue weighted by atomic mass is 10.3. The minimum atomic E-state index is -3.36. The van der Waals surface area contributed by atoms with Gasteiger partial charge in [-0.1, -0.05) is 0 Å². The Kier molecular flexibility index (Phi) is 7.29. The molecule has 0 aliphatic rings. The van der Waals surface area contributed by atoms with Crippen molar-refractivity contribution in [2.24, 2.45) is 0 Å². The standard InChI is InChI=1S/C13H19N3O6S/c1-14-23(19,20)8-7-15-13(18)16-10-3-5-11(6-4-10)22-9-12(17)21-2/h3-6,14H,7-9H2,1-2H3,(H2,15,16,18). The summed E-state index contributed by atoms with van der Waals surface area (Å²) >= 11 is 0. The van der Waals surface area contributed by atoms with Crippen molar-refractivity contribution >= 4 is 27.7 Å². The minimum Gasteiger partial charge on any atom is -0.482 e. The van der Waals surface area contributed by atoms with Crippen molar-refractivity contribution < 1.29 is 27.5 Å². The minimum absolute atomic E-state index is 0.0185. The van der Waals surface area contributed by atoms with E-state index in [-0.39, 0.29) is 18.9 Å². The molecular formula is C13H19N3O6S. The van der Waals surface area contributed by atoms with Crippen LogP contribution >= 0.6 is 0 Å². The molecule has 0 radical (unpaired) electrons. The van der Waals surface area contributed by atoms with Crippen molar-refractivity contribution in [3.05, 3.63) is 24.3 Å².